The van der Waals surface area contributed by atoms with E-state index in [-0.39, 0.29) is 19.6 Å². The number of aliphatic hydroxyl groups excluding tert-OH is 1. The molecule has 4 atom stereocenters. The molecule has 2 N–H and O–H groups in total. The van der Waals surface area contributed by atoms with Crippen LogP contribution in [0.2, 0.25) is 0 Å². The molecule has 0 aliphatic carbocycles. The molecule has 2 unspecified atom stereocenters. The number of β-amino-alcohol motifs (C(OH)–C–C–N with tert-alkyl or cyclic N) is 1. The van der Waals surface area contributed by atoms with Gasteiger partial charge < -0.3 is 38.6 Å². The minimum atomic E-state index is -2.45. The lowest BCUT2D eigenvalue weighted by Crippen LogP contribution is -2.67. The Kier molecular flexibility index (Phi) is 7.58. The van der Waals surface area contributed by atoms with Crippen LogP contribution in [0.25, 0.3) is 0 Å². The zero-order chi connectivity index (χ0) is 29.4. The molecule has 2 aromatic carbocycles. The number of benzene rings is 2. The van der Waals surface area contributed by atoms with Crippen molar-refractivity contribution in [2.45, 2.75) is 55.3 Å². The monoisotopic (exact) mass is 571 g/mol. The van der Waals surface area contributed by atoms with Crippen LogP contribution in [0.3, 0.4) is 0 Å². The lowest BCUT2D eigenvalue weighted by atomic mass is 9.93. The molecule has 3 saturated heterocycles. The summed E-state index contributed by atoms with van der Waals surface area (Å²) in [7, 11) is 4.73. The van der Waals surface area contributed by atoms with Crippen LogP contribution >= 0.6 is 0 Å². The highest BCUT2D eigenvalue weighted by Crippen LogP contribution is 2.49. The SMILES string of the molecule is COc1cc(CCc2ccccc2OCC[C@@]23OC(=O)CC4(O)CC(=O)OC2(OC4=O)[C@@H](O)CN3C)cc(OC)c1. The van der Waals surface area contributed by atoms with Crippen LogP contribution in [0.4, 0.5) is 0 Å². The van der Waals surface area contributed by atoms with Crippen LogP contribution in [-0.4, -0.2) is 90.7 Å². The number of hydrogen-bond acceptors (Lipinski definition) is 12. The number of ether oxygens (including phenoxy) is 6. The normalized spacial score (nSPS) is 29.4. The van der Waals surface area contributed by atoms with Gasteiger partial charge in [0, 0.05) is 19.0 Å². The van der Waals surface area contributed by atoms with Crippen LogP contribution in [0.15, 0.2) is 42.5 Å². The molecule has 12 heteroatoms. The molecule has 2 bridgehead atoms. The lowest BCUT2D eigenvalue weighted by molar-refractivity contribution is -0.331. The maximum atomic E-state index is 12.9. The fraction of sp³-hybridized carbons (Fsp3) is 0.483. The van der Waals surface area contributed by atoms with E-state index >= 15 is 0 Å². The Morgan fingerprint density at radius 1 is 0.951 bits per heavy atom. The van der Waals surface area contributed by atoms with E-state index < -0.39 is 54.0 Å². The third-order valence-electron chi connectivity index (χ3n) is 7.86. The first-order valence-corrected chi connectivity index (χ1v) is 13.3. The van der Waals surface area contributed by atoms with Crippen molar-refractivity contribution in [3.8, 4) is 17.2 Å². The molecule has 2 aromatic rings. The van der Waals surface area contributed by atoms with Gasteiger partial charge in [-0.3, -0.25) is 14.5 Å². The maximum absolute atomic E-state index is 12.9. The molecule has 0 amide bonds. The molecule has 0 saturated carbocycles. The number of aryl methyl sites for hydroxylation is 2. The van der Waals surface area contributed by atoms with Gasteiger partial charge in [-0.1, -0.05) is 18.2 Å². The number of likely N-dealkylation sites (tertiary alicyclic amines) is 1. The van der Waals surface area contributed by atoms with E-state index in [0.717, 1.165) is 11.1 Å². The Labute approximate surface area is 236 Å². The van der Waals surface area contributed by atoms with Crippen molar-refractivity contribution in [3.05, 3.63) is 53.6 Å². The van der Waals surface area contributed by atoms with Crippen LogP contribution in [0, 0.1) is 0 Å². The fourth-order valence-electron chi connectivity index (χ4n) is 5.72. The number of fused-ring (bicyclic) bond motifs is 2. The molecular formula is C29H33NO11. The third kappa shape index (κ3) is 5.07. The minimum Gasteiger partial charge on any atom is -0.497 e. The fourth-order valence-corrected chi connectivity index (χ4v) is 5.72. The highest BCUT2D eigenvalue weighted by molar-refractivity contribution is 5.92. The Morgan fingerprint density at radius 3 is 2.29 bits per heavy atom. The van der Waals surface area contributed by atoms with Gasteiger partial charge in [0.2, 0.25) is 5.72 Å². The van der Waals surface area contributed by atoms with Gasteiger partial charge in [0.25, 0.3) is 0 Å². The summed E-state index contributed by atoms with van der Waals surface area (Å²) in [6.45, 7) is -0.206. The summed E-state index contributed by atoms with van der Waals surface area (Å²) in [5, 5.41) is 21.7. The smallest absolute Gasteiger partial charge is 0.342 e. The van der Waals surface area contributed by atoms with Crippen molar-refractivity contribution in [3.63, 3.8) is 0 Å². The van der Waals surface area contributed by atoms with Crippen molar-refractivity contribution in [2.24, 2.45) is 0 Å². The second-order valence-electron chi connectivity index (χ2n) is 10.5. The van der Waals surface area contributed by atoms with E-state index in [2.05, 4.69) is 0 Å². The number of nitrogens with zero attached hydrogens (tertiary/aromatic N) is 1. The van der Waals surface area contributed by atoms with Crippen LogP contribution < -0.4 is 14.2 Å². The van der Waals surface area contributed by atoms with Gasteiger partial charge in [-0.05, 0) is 49.2 Å². The van der Waals surface area contributed by atoms with Gasteiger partial charge in [0.15, 0.2) is 5.60 Å². The highest BCUT2D eigenvalue weighted by atomic mass is 16.8. The molecular weight excluding hydrogens is 538 g/mol. The molecule has 12 nitrogen and oxygen atoms in total. The summed E-state index contributed by atoms with van der Waals surface area (Å²) < 4.78 is 33.7. The molecule has 220 valence electrons. The van der Waals surface area contributed by atoms with Gasteiger partial charge >= 0.3 is 23.7 Å². The molecule has 1 spiro atoms. The van der Waals surface area contributed by atoms with Crippen molar-refractivity contribution >= 4 is 17.9 Å². The number of hydrogen-bond donors (Lipinski definition) is 2. The van der Waals surface area contributed by atoms with Gasteiger partial charge in [0.1, 0.15) is 23.4 Å². The van der Waals surface area contributed by atoms with Gasteiger partial charge in [-0.25, -0.2) is 4.79 Å². The quantitative estimate of drug-likeness (QED) is 0.415. The van der Waals surface area contributed by atoms with E-state index in [0.29, 0.717) is 30.1 Å². The van der Waals surface area contributed by atoms with E-state index in [1.807, 2.05) is 30.3 Å². The first-order chi connectivity index (χ1) is 19.5. The Balaban J connectivity index is 1.37. The topological polar surface area (TPSA) is 150 Å². The van der Waals surface area contributed by atoms with E-state index in [9.17, 15) is 24.6 Å². The average molecular weight is 572 g/mol. The summed E-state index contributed by atoms with van der Waals surface area (Å²) in [4.78, 5) is 40.0. The maximum Gasteiger partial charge on any atom is 0.342 e. The van der Waals surface area contributed by atoms with E-state index in [1.165, 1.54) is 4.90 Å². The third-order valence-corrected chi connectivity index (χ3v) is 7.86. The average Bonchev–Trinajstić information content (AvgIpc) is 3.06. The van der Waals surface area contributed by atoms with Crippen molar-refractivity contribution in [1.29, 1.82) is 0 Å². The Bertz CT molecular complexity index is 1330. The molecule has 5 rings (SSSR count). The summed E-state index contributed by atoms with van der Waals surface area (Å²) in [5.74, 6) is -3.61. The van der Waals surface area contributed by atoms with Gasteiger partial charge in [0.05, 0.1) is 33.7 Å². The summed E-state index contributed by atoms with van der Waals surface area (Å²) in [6, 6.07) is 13.1. The predicted molar refractivity (Wildman–Crippen MR) is 140 cm³/mol. The number of aliphatic hydroxyl groups is 2. The largest absolute Gasteiger partial charge is 0.497 e. The van der Waals surface area contributed by atoms with Crippen LogP contribution in [-0.2, 0) is 41.4 Å². The summed E-state index contributed by atoms with van der Waals surface area (Å²) in [6.07, 6.45) is -2.00. The van der Waals surface area contributed by atoms with E-state index in [1.54, 1.807) is 33.4 Å². The van der Waals surface area contributed by atoms with Crippen molar-refractivity contribution < 1.29 is 53.0 Å². The molecule has 0 aromatic heterocycles. The van der Waals surface area contributed by atoms with Gasteiger partial charge in [-0.2, -0.15) is 0 Å². The molecule has 41 heavy (non-hydrogen) atoms. The summed E-state index contributed by atoms with van der Waals surface area (Å²) >= 11 is 0. The lowest BCUT2D eigenvalue weighted by Gasteiger charge is -2.46. The second kappa shape index (κ2) is 10.8. The zero-order valence-corrected chi connectivity index (χ0v) is 23.1. The number of para-hydroxylation sites is 1. The summed E-state index contributed by atoms with van der Waals surface area (Å²) in [5.41, 5.74) is -2.43. The number of methoxy groups -OCH3 is 2. The predicted octanol–water partition coefficient (Wildman–Crippen LogP) is 1.12. The minimum absolute atomic E-state index is 0.0601. The first-order valence-electron chi connectivity index (χ1n) is 13.3. The molecule has 3 aliphatic rings. The number of likely N-dealkylation sites (N-methyl/N-ethyl adjacent to an activating group) is 1. The standard InChI is InChI=1S/C29H33NO11/c1-30-17-23(31)29-28(30,39-24(32)15-27(35,26(34)41-29)16-25(33)40-29)10-11-38-22-7-5-4-6-19(22)9-8-18-12-20(36-2)14-21(13-18)37-3/h4-7,12-14,23,31,35H,8-11,15-17H2,1-3H3/t23-,27?,28+,29?/m0/s1. The van der Waals surface area contributed by atoms with Crippen molar-refractivity contribution in [2.75, 3.05) is 34.4 Å². The van der Waals surface area contributed by atoms with Gasteiger partial charge in [-0.15, -0.1) is 0 Å². The highest BCUT2D eigenvalue weighted by Gasteiger charge is 2.75. The Hall–Kier alpha value is -3.87. The number of carbonyl (C=O) groups excluding carboxylic acids is 3. The molecule has 3 fully saturated rings. The van der Waals surface area contributed by atoms with Crippen LogP contribution in [0.1, 0.15) is 30.4 Å². The van der Waals surface area contributed by atoms with E-state index in [4.69, 9.17) is 28.4 Å². The Morgan fingerprint density at radius 2 is 1.61 bits per heavy atom. The number of rotatable bonds is 9. The first kappa shape index (κ1) is 28.7. The molecule has 3 heterocycles. The molecule has 0 radical (unpaired) electrons. The number of esters is 3. The van der Waals surface area contributed by atoms with Crippen LogP contribution in [0.5, 0.6) is 17.2 Å². The van der Waals surface area contributed by atoms with Crippen molar-refractivity contribution in [1.82, 2.24) is 4.90 Å². The zero-order valence-electron chi connectivity index (χ0n) is 23.1. The number of carbonyl (C=O) groups is 3. The molecule has 3 aliphatic heterocycles. The second-order valence-corrected chi connectivity index (χ2v) is 10.5.